The molecule has 2 rings (SSSR count). The summed E-state index contributed by atoms with van der Waals surface area (Å²) < 4.78 is 4.99. The average Bonchev–Trinajstić information content (AvgIpc) is 2.56. The fourth-order valence-electron chi connectivity index (χ4n) is 2.16. The first-order valence-corrected chi connectivity index (χ1v) is 7.50. The third kappa shape index (κ3) is 4.57. The van der Waals surface area contributed by atoms with Gasteiger partial charge in [-0.15, -0.1) is 0 Å². The van der Waals surface area contributed by atoms with Crippen LogP contribution in [-0.2, 0) is 4.74 Å². The van der Waals surface area contributed by atoms with Crippen molar-refractivity contribution in [1.29, 1.82) is 0 Å². The van der Waals surface area contributed by atoms with Crippen LogP contribution in [0.2, 0.25) is 0 Å². The predicted molar refractivity (Wildman–Crippen MR) is 89.4 cm³/mol. The highest BCUT2D eigenvalue weighted by atomic mass is 16.5. The Labute approximate surface area is 135 Å². The Morgan fingerprint density at radius 3 is 2.39 bits per heavy atom. The number of esters is 1. The molecule has 0 radical (unpaired) electrons. The van der Waals surface area contributed by atoms with Gasteiger partial charge in [0.1, 0.15) is 0 Å². The van der Waals surface area contributed by atoms with Gasteiger partial charge < -0.3 is 15.4 Å². The normalized spacial score (nSPS) is 11.4. The Hall–Kier alpha value is -2.82. The minimum absolute atomic E-state index is 0.147. The lowest BCUT2D eigenvalue weighted by molar-refractivity contribution is 0.0527. The zero-order valence-electron chi connectivity index (χ0n) is 13.2. The molecule has 0 aliphatic rings. The monoisotopic (exact) mass is 312 g/mol. The van der Waals surface area contributed by atoms with Gasteiger partial charge in [0, 0.05) is 0 Å². The highest BCUT2D eigenvalue weighted by Gasteiger charge is 2.15. The van der Waals surface area contributed by atoms with Gasteiger partial charge in [-0.25, -0.2) is 9.59 Å². The van der Waals surface area contributed by atoms with Crippen LogP contribution in [0.25, 0.3) is 0 Å². The molecule has 2 N–H and O–H groups in total. The fourth-order valence-corrected chi connectivity index (χ4v) is 2.16. The summed E-state index contributed by atoms with van der Waals surface area (Å²) in [5, 5.41) is 5.54. The Bertz CT molecular complexity index is 671. The van der Waals surface area contributed by atoms with E-state index >= 15 is 0 Å². The van der Waals surface area contributed by atoms with Crippen molar-refractivity contribution < 1.29 is 14.3 Å². The van der Waals surface area contributed by atoms with Gasteiger partial charge >= 0.3 is 12.0 Å². The largest absolute Gasteiger partial charge is 0.462 e. The van der Waals surface area contributed by atoms with Crippen molar-refractivity contribution in [2.24, 2.45) is 0 Å². The number of hydrogen-bond acceptors (Lipinski definition) is 3. The summed E-state index contributed by atoms with van der Waals surface area (Å²) in [5.41, 5.74) is 1.75. The van der Waals surface area contributed by atoms with Crippen molar-refractivity contribution in [1.82, 2.24) is 5.32 Å². The number of anilines is 1. The molecule has 2 aromatic rings. The number of benzene rings is 2. The molecule has 5 heteroatoms. The molecule has 0 aromatic heterocycles. The van der Waals surface area contributed by atoms with Crippen molar-refractivity contribution in [2.75, 3.05) is 11.9 Å². The fraction of sp³-hybridized carbons (Fsp3) is 0.222. The SMILES string of the molecule is CCOC(=O)c1ccccc1NC(=O)NC(C)c1ccccc1. The molecule has 23 heavy (non-hydrogen) atoms. The van der Waals surface area contributed by atoms with Gasteiger partial charge in [0.05, 0.1) is 23.9 Å². The van der Waals surface area contributed by atoms with Crippen LogP contribution >= 0.6 is 0 Å². The van der Waals surface area contributed by atoms with Gasteiger partial charge in [0.15, 0.2) is 0 Å². The summed E-state index contributed by atoms with van der Waals surface area (Å²) in [6.07, 6.45) is 0. The average molecular weight is 312 g/mol. The molecule has 1 unspecified atom stereocenters. The smallest absolute Gasteiger partial charge is 0.340 e. The lowest BCUT2D eigenvalue weighted by atomic mass is 10.1. The van der Waals surface area contributed by atoms with Gasteiger partial charge in [-0.3, -0.25) is 0 Å². The lowest BCUT2D eigenvalue weighted by Gasteiger charge is -2.16. The third-order valence-corrected chi connectivity index (χ3v) is 3.32. The number of carbonyl (C=O) groups excluding carboxylic acids is 2. The molecule has 1 atom stereocenters. The van der Waals surface area contributed by atoms with E-state index in [1.165, 1.54) is 0 Å². The molecule has 0 bridgehead atoms. The first kappa shape index (κ1) is 16.5. The Morgan fingerprint density at radius 1 is 1.04 bits per heavy atom. The van der Waals surface area contributed by atoms with Crippen molar-refractivity contribution in [3.8, 4) is 0 Å². The molecule has 0 spiro atoms. The third-order valence-electron chi connectivity index (χ3n) is 3.32. The molecule has 2 amide bonds. The Balaban J connectivity index is 2.04. The summed E-state index contributed by atoms with van der Waals surface area (Å²) in [6, 6.07) is 15.9. The molecule has 2 aromatic carbocycles. The second-order valence-electron chi connectivity index (χ2n) is 5.00. The molecule has 5 nitrogen and oxygen atoms in total. The van der Waals surface area contributed by atoms with E-state index in [4.69, 9.17) is 4.74 Å². The molecule has 0 saturated carbocycles. The number of nitrogens with one attached hydrogen (secondary N) is 2. The zero-order chi connectivity index (χ0) is 16.7. The number of hydrogen-bond donors (Lipinski definition) is 2. The van der Waals surface area contributed by atoms with E-state index in [2.05, 4.69) is 10.6 Å². The second-order valence-corrected chi connectivity index (χ2v) is 5.00. The number of urea groups is 1. The van der Waals surface area contributed by atoms with E-state index in [0.29, 0.717) is 11.3 Å². The minimum atomic E-state index is -0.459. The van der Waals surface area contributed by atoms with Crippen molar-refractivity contribution in [3.63, 3.8) is 0 Å². The summed E-state index contributed by atoms with van der Waals surface area (Å²) in [6.45, 7) is 3.92. The topological polar surface area (TPSA) is 67.4 Å². The van der Waals surface area contributed by atoms with E-state index in [-0.39, 0.29) is 18.7 Å². The summed E-state index contributed by atoms with van der Waals surface area (Å²) in [5.74, 6) is -0.459. The van der Waals surface area contributed by atoms with Crippen LogP contribution in [0.3, 0.4) is 0 Å². The Morgan fingerprint density at radius 2 is 1.70 bits per heavy atom. The van der Waals surface area contributed by atoms with Crippen LogP contribution in [0.15, 0.2) is 54.6 Å². The van der Waals surface area contributed by atoms with Gasteiger partial charge in [0.2, 0.25) is 0 Å². The van der Waals surface area contributed by atoms with Gasteiger partial charge in [-0.05, 0) is 31.5 Å². The van der Waals surface area contributed by atoms with Crippen LogP contribution in [0, 0.1) is 0 Å². The summed E-state index contributed by atoms with van der Waals surface area (Å²) >= 11 is 0. The summed E-state index contributed by atoms with van der Waals surface area (Å²) in [7, 11) is 0. The first-order chi connectivity index (χ1) is 11.1. The quantitative estimate of drug-likeness (QED) is 0.826. The highest BCUT2D eigenvalue weighted by Crippen LogP contribution is 2.17. The van der Waals surface area contributed by atoms with E-state index < -0.39 is 5.97 Å². The Kier molecular flexibility index (Phi) is 5.74. The van der Waals surface area contributed by atoms with Crippen LogP contribution in [-0.4, -0.2) is 18.6 Å². The predicted octanol–water partition coefficient (Wildman–Crippen LogP) is 3.75. The number of amides is 2. The minimum Gasteiger partial charge on any atom is -0.462 e. The van der Waals surface area contributed by atoms with Crippen molar-refractivity contribution in [3.05, 3.63) is 65.7 Å². The van der Waals surface area contributed by atoms with Crippen molar-refractivity contribution >= 4 is 17.7 Å². The van der Waals surface area contributed by atoms with Crippen LogP contribution in [0.4, 0.5) is 10.5 Å². The standard InChI is InChI=1S/C18H20N2O3/c1-3-23-17(21)15-11-7-8-12-16(15)20-18(22)19-13(2)14-9-5-4-6-10-14/h4-13H,3H2,1-2H3,(H2,19,20,22). The van der Waals surface area contributed by atoms with Crippen LogP contribution in [0.1, 0.15) is 35.8 Å². The molecular weight excluding hydrogens is 292 g/mol. The van der Waals surface area contributed by atoms with Gasteiger partial charge in [0.25, 0.3) is 0 Å². The van der Waals surface area contributed by atoms with Gasteiger partial charge in [-0.2, -0.15) is 0 Å². The van der Waals surface area contributed by atoms with Gasteiger partial charge in [-0.1, -0.05) is 42.5 Å². The number of para-hydroxylation sites is 1. The molecule has 0 saturated heterocycles. The highest BCUT2D eigenvalue weighted by molar-refractivity contribution is 6.00. The first-order valence-electron chi connectivity index (χ1n) is 7.50. The molecule has 0 fully saturated rings. The second kappa shape index (κ2) is 7.98. The molecule has 0 aliphatic heterocycles. The van der Waals surface area contributed by atoms with Crippen LogP contribution in [0.5, 0.6) is 0 Å². The lowest BCUT2D eigenvalue weighted by Crippen LogP contribution is -2.31. The van der Waals surface area contributed by atoms with Crippen molar-refractivity contribution in [2.45, 2.75) is 19.9 Å². The molecular formula is C18H20N2O3. The number of rotatable bonds is 5. The maximum atomic E-state index is 12.2. The maximum absolute atomic E-state index is 12.2. The maximum Gasteiger partial charge on any atom is 0.340 e. The molecule has 0 aliphatic carbocycles. The van der Waals surface area contributed by atoms with E-state index in [9.17, 15) is 9.59 Å². The number of ether oxygens (including phenoxy) is 1. The van der Waals surface area contributed by atoms with E-state index in [0.717, 1.165) is 5.56 Å². The van der Waals surface area contributed by atoms with E-state index in [1.54, 1.807) is 31.2 Å². The zero-order valence-corrected chi connectivity index (χ0v) is 13.2. The van der Waals surface area contributed by atoms with E-state index in [1.807, 2.05) is 37.3 Å². The summed E-state index contributed by atoms with van der Waals surface area (Å²) in [4.78, 5) is 24.1. The van der Waals surface area contributed by atoms with Crippen LogP contribution < -0.4 is 10.6 Å². The number of carbonyl (C=O) groups is 2. The molecule has 0 heterocycles. The molecule has 120 valence electrons.